The number of para-hydroxylation sites is 3. The van der Waals surface area contributed by atoms with Crippen LogP contribution in [0.5, 0.6) is 5.75 Å². The quantitative estimate of drug-likeness (QED) is 0.153. The molecule has 1 aliphatic carbocycles. The molecule has 63 heavy (non-hydrogen) atoms. The Labute approximate surface area is 367 Å². The van der Waals surface area contributed by atoms with Gasteiger partial charge in [0.2, 0.25) is 0 Å². The van der Waals surface area contributed by atoms with E-state index in [9.17, 15) is 0 Å². The van der Waals surface area contributed by atoms with Gasteiger partial charge in [-0.2, -0.15) is 0 Å². The van der Waals surface area contributed by atoms with Crippen molar-refractivity contribution >= 4 is 39.0 Å². The van der Waals surface area contributed by atoms with Crippen LogP contribution in [0.15, 0.2) is 241 Å². The molecule has 0 amide bonds. The van der Waals surface area contributed by atoms with E-state index in [1.54, 1.807) is 0 Å². The Kier molecular flexibility index (Phi) is 8.97. The Bertz CT molecular complexity index is 3320. The molecule has 3 heteroatoms. The second kappa shape index (κ2) is 15.4. The Morgan fingerprint density at radius 2 is 0.810 bits per heavy atom. The van der Waals surface area contributed by atoms with E-state index in [-0.39, 0.29) is 12.0 Å². The van der Waals surface area contributed by atoms with Gasteiger partial charge in [-0.25, -0.2) is 0 Å². The third-order valence-electron chi connectivity index (χ3n) is 12.7. The van der Waals surface area contributed by atoms with Gasteiger partial charge in [-0.3, -0.25) is 0 Å². The molecule has 0 spiro atoms. The number of anilines is 3. The first kappa shape index (κ1) is 36.7. The molecule has 0 saturated heterocycles. The van der Waals surface area contributed by atoms with Crippen molar-refractivity contribution in [3.63, 3.8) is 0 Å². The van der Waals surface area contributed by atoms with Crippen LogP contribution in [0.2, 0.25) is 0 Å². The number of rotatable bonds is 8. The molecule has 0 saturated carbocycles. The van der Waals surface area contributed by atoms with Crippen molar-refractivity contribution in [3.05, 3.63) is 242 Å². The Hall–Kier alpha value is -8.14. The maximum atomic E-state index is 6.47. The van der Waals surface area contributed by atoms with Crippen molar-refractivity contribution in [2.24, 2.45) is 0 Å². The minimum absolute atomic E-state index is 0.0674. The molecule has 2 aliphatic rings. The summed E-state index contributed by atoms with van der Waals surface area (Å²) < 4.78 is 12.8. The van der Waals surface area contributed by atoms with Crippen molar-refractivity contribution in [1.82, 2.24) is 0 Å². The molecule has 3 nitrogen and oxygen atoms in total. The lowest BCUT2D eigenvalue weighted by molar-refractivity contribution is 0.270. The zero-order chi connectivity index (χ0) is 41.7. The summed E-state index contributed by atoms with van der Waals surface area (Å²) in [5.41, 5.74) is 17.9. The number of allylic oxidation sites excluding steroid dienone is 2. The Morgan fingerprint density at radius 3 is 1.43 bits per heavy atom. The number of hydrogen-bond donors (Lipinski definition) is 0. The van der Waals surface area contributed by atoms with Gasteiger partial charge in [-0.05, 0) is 93.0 Å². The molecule has 298 valence electrons. The SMILES string of the molecule is C1=CC2c3cccc(-c4ccc(-c5ccc(N(c6ccc(-c7ccccc7)cc6)c6ccc(-c7ccc(-c8cccc9c8oc8ccccc89)cc7)cc6)cc5)cc4)c3O[C@@H]2C=C1. The lowest BCUT2D eigenvalue weighted by Gasteiger charge is -2.26. The molecule has 2 atom stereocenters. The van der Waals surface area contributed by atoms with E-state index >= 15 is 0 Å². The lowest BCUT2D eigenvalue weighted by atomic mass is 9.90. The van der Waals surface area contributed by atoms with Crippen LogP contribution in [-0.4, -0.2) is 6.10 Å². The Balaban J connectivity index is 0.837. The third-order valence-corrected chi connectivity index (χ3v) is 12.7. The summed E-state index contributed by atoms with van der Waals surface area (Å²) in [4.78, 5) is 2.33. The number of benzene rings is 9. The zero-order valence-electron chi connectivity index (χ0n) is 34.4. The van der Waals surface area contributed by atoms with Gasteiger partial charge < -0.3 is 14.1 Å². The second-order valence-electron chi connectivity index (χ2n) is 16.4. The molecule has 1 aliphatic heterocycles. The molecule has 0 radical (unpaired) electrons. The molecule has 0 fully saturated rings. The first-order valence-electron chi connectivity index (χ1n) is 21.6. The number of fused-ring (bicyclic) bond motifs is 6. The van der Waals surface area contributed by atoms with Crippen molar-refractivity contribution in [2.75, 3.05) is 4.90 Å². The van der Waals surface area contributed by atoms with E-state index in [4.69, 9.17) is 9.15 Å². The average molecular weight is 808 g/mol. The van der Waals surface area contributed by atoms with Gasteiger partial charge in [0.25, 0.3) is 0 Å². The van der Waals surface area contributed by atoms with Crippen LogP contribution >= 0.6 is 0 Å². The van der Waals surface area contributed by atoms with Crippen LogP contribution < -0.4 is 9.64 Å². The lowest BCUT2D eigenvalue weighted by Crippen LogP contribution is -2.15. The zero-order valence-corrected chi connectivity index (χ0v) is 34.4. The minimum atomic E-state index is 0.0674. The van der Waals surface area contributed by atoms with E-state index in [0.29, 0.717) is 0 Å². The number of nitrogens with zero attached hydrogens (tertiary/aromatic N) is 1. The molecule has 1 aromatic heterocycles. The maximum absolute atomic E-state index is 6.47. The Morgan fingerprint density at radius 1 is 0.349 bits per heavy atom. The van der Waals surface area contributed by atoms with Crippen LogP contribution in [0.25, 0.3) is 77.6 Å². The van der Waals surface area contributed by atoms with Crippen molar-refractivity contribution < 1.29 is 9.15 Å². The fourth-order valence-corrected chi connectivity index (χ4v) is 9.44. The van der Waals surface area contributed by atoms with Crippen molar-refractivity contribution in [3.8, 4) is 61.4 Å². The van der Waals surface area contributed by atoms with Crippen LogP contribution in [0.1, 0.15) is 11.5 Å². The summed E-state index contributed by atoms with van der Waals surface area (Å²) in [7, 11) is 0. The molecule has 9 aromatic carbocycles. The highest BCUT2D eigenvalue weighted by Gasteiger charge is 2.33. The number of ether oxygens (including phenoxy) is 1. The topological polar surface area (TPSA) is 25.6 Å². The largest absolute Gasteiger partial charge is 0.484 e. The fourth-order valence-electron chi connectivity index (χ4n) is 9.44. The van der Waals surface area contributed by atoms with Gasteiger partial charge in [0.05, 0.1) is 0 Å². The van der Waals surface area contributed by atoms with Crippen molar-refractivity contribution in [1.29, 1.82) is 0 Å². The molecule has 12 rings (SSSR count). The molecule has 2 heterocycles. The van der Waals surface area contributed by atoms with E-state index in [2.05, 4.69) is 229 Å². The summed E-state index contributed by atoms with van der Waals surface area (Å²) in [5.74, 6) is 1.27. The second-order valence-corrected chi connectivity index (χ2v) is 16.4. The highest BCUT2D eigenvalue weighted by molar-refractivity contribution is 6.09. The molecular weight excluding hydrogens is 767 g/mol. The number of furan rings is 1. The van der Waals surface area contributed by atoms with E-state index in [1.807, 2.05) is 12.1 Å². The third kappa shape index (κ3) is 6.63. The first-order valence-corrected chi connectivity index (χ1v) is 21.6. The van der Waals surface area contributed by atoms with Crippen molar-refractivity contribution in [2.45, 2.75) is 12.0 Å². The fraction of sp³-hybridized carbons (Fsp3) is 0.0333. The highest BCUT2D eigenvalue weighted by Crippen LogP contribution is 2.47. The molecule has 10 aromatic rings. The van der Waals surface area contributed by atoms with E-state index in [0.717, 1.165) is 83.7 Å². The van der Waals surface area contributed by atoms with Gasteiger partial charge in [0.1, 0.15) is 23.0 Å². The minimum Gasteiger partial charge on any atom is -0.484 e. The predicted molar refractivity (Wildman–Crippen MR) is 261 cm³/mol. The smallest absolute Gasteiger partial charge is 0.143 e. The van der Waals surface area contributed by atoms with Gasteiger partial charge in [-0.1, -0.05) is 188 Å². The van der Waals surface area contributed by atoms with E-state index in [1.165, 1.54) is 22.3 Å². The summed E-state index contributed by atoms with van der Waals surface area (Å²) in [6, 6.07) is 76.0. The predicted octanol–water partition coefficient (Wildman–Crippen LogP) is 16.4. The number of hydrogen-bond acceptors (Lipinski definition) is 3. The van der Waals surface area contributed by atoms with Gasteiger partial charge >= 0.3 is 0 Å². The van der Waals surface area contributed by atoms with Crippen LogP contribution in [-0.2, 0) is 0 Å². The summed E-state index contributed by atoms with van der Waals surface area (Å²) in [6.45, 7) is 0. The normalized spacial score (nSPS) is 15.0. The van der Waals surface area contributed by atoms with Gasteiger partial charge in [0.15, 0.2) is 0 Å². The molecule has 0 bridgehead atoms. The monoisotopic (exact) mass is 807 g/mol. The highest BCUT2D eigenvalue weighted by atomic mass is 16.5. The summed E-state index contributed by atoms with van der Waals surface area (Å²) >= 11 is 0. The maximum Gasteiger partial charge on any atom is 0.143 e. The summed E-state index contributed by atoms with van der Waals surface area (Å²) in [6.07, 6.45) is 8.67. The molecule has 0 N–H and O–H groups in total. The standard InChI is InChI=1S/C60H41NO2/c1-2-10-40(11-3-1)43-28-34-48(35-29-43)61(49-36-30-44(31-37-49)41-20-24-46(25-21-41)51-14-8-16-55-53-12-4-6-18-57(53)62-59(51)55)50-38-32-45(33-39-50)42-22-26-47(27-23-42)52-15-9-17-56-54-13-5-7-19-58(54)63-60(52)56/h1-39,53,57H/t53?,57-/m1/s1. The van der Waals surface area contributed by atoms with Crippen LogP contribution in [0, 0.1) is 0 Å². The van der Waals surface area contributed by atoms with Crippen LogP contribution in [0.3, 0.4) is 0 Å². The molecule has 1 unspecified atom stereocenters. The summed E-state index contributed by atoms with van der Waals surface area (Å²) in [5, 5.41) is 2.28. The van der Waals surface area contributed by atoms with Gasteiger partial charge in [0, 0.05) is 50.4 Å². The molecular formula is C60H41NO2. The van der Waals surface area contributed by atoms with E-state index < -0.39 is 0 Å². The van der Waals surface area contributed by atoms with Gasteiger partial charge in [-0.15, -0.1) is 0 Å². The van der Waals surface area contributed by atoms with Crippen LogP contribution in [0.4, 0.5) is 17.1 Å². The average Bonchev–Trinajstić information content (AvgIpc) is 3.94. The first-order chi connectivity index (χ1) is 31.2.